The minimum Gasteiger partial charge on any atom is -0.494 e. The highest BCUT2D eigenvalue weighted by Gasteiger charge is 2.19. The van der Waals surface area contributed by atoms with Gasteiger partial charge in [-0.15, -0.1) is 0 Å². The van der Waals surface area contributed by atoms with Crippen molar-refractivity contribution in [2.24, 2.45) is 0 Å². The maximum atomic E-state index is 12.9. The number of para-hydroxylation sites is 2. The van der Waals surface area contributed by atoms with Gasteiger partial charge in [0.2, 0.25) is 5.91 Å². The summed E-state index contributed by atoms with van der Waals surface area (Å²) in [4.78, 5) is 34.3. The Bertz CT molecular complexity index is 1040. The molecule has 0 aliphatic rings. The number of hydrogen-bond acceptors (Lipinski definition) is 4. The molecule has 152 valence electrons. The van der Waals surface area contributed by atoms with E-state index in [1.54, 1.807) is 17.0 Å². The summed E-state index contributed by atoms with van der Waals surface area (Å²) in [5.74, 6) is 1.33. The molecule has 6 nitrogen and oxygen atoms in total. The highest BCUT2D eigenvalue weighted by atomic mass is 16.5. The van der Waals surface area contributed by atoms with Crippen LogP contribution in [0.1, 0.15) is 38.6 Å². The number of aryl methyl sites for hydroxylation is 1. The molecule has 0 atom stereocenters. The Labute approximate surface area is 170 Å². The predicted octanol–water partition coefficient (Wildman–Crippen LogP) is 3.69. The van der Waals surface area contributed by atoms with Crippen LogP contribution >= 0.6 is 0 Å². The van der Waals surface area contributed by atoms with E-state index in [1.807, 2.05) is 57.2 Å². The van der Waals surface area contributed by atoms with Crippen molar-refractivity contribution >= 4 is 16.8 Å². The van der Waals surface area contributed by atoms with Gasteiger partial charge in [-0.25, -0.2) is 4.98 Å². The van der Waals surface area contributed by atoms with Crippen LogP contribution in [-0.2, 0) is 17.8 Å². The second-order valence-electron chi connectivity index (χ2n) is 7.19. The number of nitrogens with zero attached hydrogens (tertiary/aromatic N) is 2. The van der Waals surface area contributed by atoms with E-state index in [9.17, 15) is 9.59 Å². The Morgan fingerprint density at radius 3 is 2.62 bits per heavy atom. The van der Waals surface area contributed by atoms with E-state index in [2.05, 4.69) is 9.97 Å². The van der Waals surface area contributed by atoms with Crippen molar-refractivity contribution in [2.75, 3.05) is 6.61 Å². The number of carbonyl (C=O) groups is 1. The first-order chi connectivity index (χ1) is 14.0. The van der Waals surface area contributed by atoms with Crippen LogP contribution in [0.4, 0.5) is 0 Å². The number of fused-ring (bicyclic) bond motifs is 1. The molecule has 29 heavy (non-hydrogen) atoms. The number of rotatable bonds is 8. The third-order valence-corrected chi connectivity index (χ3v) is 4.81. The molecule has 3 rings (SSSR count). The van der Waals surface area contributed by atoms with Gasteiger partial charge in [-0.1, -0.05) is 30.3 Å². The Morgan fingerprint density at radius 1 is 1.14 bits per heavy atom. The van der Waals surface area contributed by atoms with Gasteiger partial charge in [-0.2, -0.15) is 0 Å². The summed E-state index contributed by atoms with van der Waals surface area (Å²) >= 11 is 0. The highest BCUT2D eigenvalue weighted by molar-refractivity contribution is 5.78. The van der Waals surface area contributed by atoms with Crippen molar-refractivity contribution in [1.82, 2.24) is 14.9 Å². The summed E-state index contributed by atoms with van der Waals surface area (Å²) in [6, 6.07) is 15.0. The molecule has 0 fully saturated rings. The van der Waals surface area contributed by atoms with Gasteiger partial charge in [0.15, 0.2) is 0 Å². The summed E-state index contributed by atoms with van der Waals surface area (Å²) < 4.78 is 5.65. The van der Waals surface area contributed by atoms with Crippen LogP contribution in [0.5, 0.6) is 5.75 Å². The van der Waals surface area contributed by atoms with Gasteiger partial charge in [-0.05, 0) is 51.0 Å². The van der Waals surface area contributed by atoms with Crippen LogP contribution in [0.15, 0.2) is 53.3 Å². The van der Waals surface area contributed by atoms with E-state index in [4.69, 9.17) is 4.74 Å². The second-order valence-corrected chi connectivity index (χ2v) is 7.19. The standard InChI is InChI=1S/C23H27N3O3/c1-4-29-20-12-8-5-9-17(20)13-14-22(27)26(16(2)3)15-21-24-19-11-7-6-10-18(19)23(28)25-21/h5-12,16H,4,13-15H2,1-3H3,(H,24,25,28). The Kier molecular flexibility index (Phi) is 6.65. The molecule has 1 amide bonds. The topological polar surface area (TPSA) is 75.3 Å². The maximum absolute atomic E-state index is 12.9. The molecule has 0 bridgehead atoms. The Hall–Kier alpha value is -3.15. The molecule has 0 aliphatic heterocycles. The average Bonchev–Trinajstić information content (AvgIpc) is 2.71. The molecule has 0 spiro atoms. The average molecular weight is 393 g/mol. The van der Waals surface area contributed by atoms with E-state index in [0.29, 0.717) is 36.2 Å². The minimum atomic E-state index is -0.188. The number of aromatic amines is 1. The molecule has 3 aromatic rings. The zero-order valence-corrected chi connectivity index (χ0v) is 17.1. The Morgan fingerprint density at radius 2 is 1.86 bits per heavy atom. The normalized spacial score (nSPS) is 11.0. The Balaban J connectivity index is 1.75. The van der Waals surface area contributed by atoms with E-state index < -0.39 is 0 Å². The van der Waals surface area contributed by atoms with Crippen LogP contribution < -0.4 is 10.3 Å². The molecule has 1 N–H and O–H groups in total. The fourth-order valence-corrected chi connectivity index (χ4v) is 3.32. The van der Waals surface area contributed by atoms with Crippen LogP contribution in [0.2, 0.25) is 0 Å². The van der Waals surface area contributed by atoms with E-state index in [0.717, 1.165) is 11.3 Å². The van der Waals surface area contributed by atoms with Crippen molar-refractivity contribution in [1.29, 1.82) is 0 Å². The largest absolute Gasteiger partial charge is 0.494 e. The second kappa shape index (κ2) is 9.37. The lowest BCUT2D eigenvalue weighted by molar-refractivity contribution is -0.133. The molecule has 2 aromatic carbocycles. The van der Waals surface area contributed by atoms with E-state index in [1.165, 1.54) is 0 Å². The van der Waals surface area contributed by atoms with Crippen LogP contribution in [-0.4, -0.2) is 33.4 Å². The SMILES string of the molecule is CCOc1ccccc1CCC(=O)N(Cc1nc2ccccc2c(=O)[nH]1)C(C)C. The molecular weight excluding hydrogens is 366 g/mol. The number of aromatic nitrogens is 2. The molecule has 1 aromatic heterocycles. The summed E-state index contributed by atoms with van der Waals surface area (Å²) in [5.41, 5.74) is 1.46. The quantitative estimate of drug-likeness (QED) is 0.633. The summed E-state index contributed by atoms with van der Waals surface area (Å²) in [6.45, 7) is 6.73. The van der Waals surface area contributed by atoms with Gasteiger partial charge < -0.3 is 14.6 Å². The lowest BCUT2D eigenvalue weighted by atomic mass is 10.1. The van der Waals surface area contributed by atoms with E-state index in [-0.39, 0.29) is 24.1 Å². The fourth-order valence-electron chi connectivity index (χ4n) is 3.32. The first-order valence-corrected chi connectivity index (χ1v) is 9.97. The summed E-state index contributed by atoms with van der Waals surface area (Å²) in [7, 11) is 0. The number of ether oxygens (including phenoxy) is 1. The van der Waals surface area contributed by atoms with Crippen molar-refractivity contribution < 1.29 is 9.53 Å². The van der Waals surface area contributed by atoms with Crippen molar-refractivity contribution in [3.8, 4) is 5.75 Å². The smallest absolute Gasteiger partial charge is 0.258 e. The van der Waals surface area contributed by atoms with Gasteiger partial charge in [-0.3, -0.25) is 9.59 Å². The zero-order valence-electron chi connectivity index (χ0n) is 17.1. The lowest BCUT2D eigenvalue weighted by Crippen LogP contribution is -2.37. The van der Waals surface area contributed by atoms with Gasteiger partial charge in [0.25, 0.3) is 5.56 Å². The van der Waals surface area contributed by atoms with Gasteiger partial charge >= 0.3 is 0 Å². The van der Waals surface area contributed by atoms with Crippen LogP contribution in [0.25, 0.3) is 10.9 Å². The predicted molar refractivity (Wildman–Crippen MR) is 114 cm³/mol. The molecule has 1 heterocycles. The molecule has 0 radical (unpaired) electrons. The maximum Gasteiger partial charge on any atom is 0.258 e. The molecule has 6 heteroatoms. The van der Waals surface area contributed by atoms with Gasteiger partial charge in [0.05, 0.1) is 24.1 Å². The highest BCUT2D eigenvalue weighted by Crippen LogP contribution is 2.20. The van der Waals surface area contributed by atoms with Crippen LogP contribution in [0.3, 0.4) is 0 Å². The van der Waals surface area contributed by atoms with Crippen molar-refractivity contribution in [3.05, 3.63) is 70.3 Å². The number of hydrogen-bond donors (Lipinski definition) is 1. The first kappa shape index (κ1) is 20.6. The minimum absolute atomic E-state index is 0.0126. The molecular formula is C23H27N3O3. The van der Waals surface area contributed by atoms with Crippen LogP contribution in [0, 0.1) is 0 Å². The molecule has 0 aliphatic carbocycles. The van der Waals surface area contributed by atoms with Gasteiger partial charge in [0, 0.05) is 12.5 Å². The monoisotopic (exact) mass is 393 g/mol. The fraction of sp³-hybridized carbons (Fsp3) is 0.348. The number of benzene rings is 2. The van der Waals surface area contributed by atoms with Crippen molar-refractivity contribution in [2.45, 2.75) is 46.2 Å². The van der Waals surface area contributed by atoms with Gasteiger partial charge in [0.1, 0.15) is 11.6 Å². The molecule has 0 saturated heterocycles. The molecule has 0 saturated carbocycles. The number of amides is 1. The third-order valence-electron chi connectivity index (χ3n) is 4.81. The third kappa shape index (κ3) is 5.02. The number of nitrogens with one attached hydrogen (secondary N) is 1. The lowest BCUT2D eigenvalue weighted by Gasteiger charge is -2.26. The first-order valence-electron chi connectivity index (χ1n) is 9.97. The zero-order chi connectivity index (χ0) is 20.8. The summed E-state index contributed by atoms with van der Waals surface area (Å²) in [5, 5.41) is 0.547. The molecule has 0 unspecified atom stereocenters. The van der Waals surface area contributed by atoms with Crippen molar-refractivity contribution in [3.63, 3.8) is 0 Å². The summed E-state index contributed by atoms with van der Waals surface area (Å²) in [6.07, 6.45) is 0.958. The van der Waals surface area contributed by atoms with E-state index >= 15 is 0 Å². The number of carbonyl (C=O) groups excluding carboxylic acids is 1. The number of H-pyrrole nitrogens is 1.